The number of esters is 3. The zero-order chi connectivity index (χ0) is 24.9. The highest BCUT2D eigenvalue weighted by Gasteiger charge is 2.50. The zero-order valence-corrected chi connectivity index (χ0v) is 18.7. The standard InChI is InChI=1S/C20H30O13/c1-8(31-9(2)22)14-10(5-13(23)28-3)11(18(27)29-4)7-30-19(14)33-20-17(26)16(25)15(24)12(6-21)32-20/h7-8,10,12,14-17,19-21,24-26H,5-6H2,1-4H3. The van der Waals surface area contributed by atoms with Crippen molar-refractivity contribution in [1.82, 2.24) is 0 Å². The summed E-state index contributed by atoms with van der Waals surface area (Å²) in [6.07, 6.45) is -9.51. The number of carbonyl (C=O) groups excluding carboxylic acids is 3. The molecule has 0 radical (unpaired) electrons. The molecule has 0 amide bonds. The van der Waals surface area contributed by atoms with Gasteiger partial charge in [-0.1, -0.05) is 0 Å². The summed E-state index contributed by atoms with van der Waals surface area (Å²) in [5.74, 6) is -4.08. The molecule has 1 saturated heterocycles. The van der Waals surface area contributed by atoms with Gasteiger partial charge in [0.05, 0.1) is 45.0 Å². The van der Waals surface area contributed by atoms with Crippen molar-refractivity contribution in [3.8, 4) is 0 Å². The van der Waals surface area contributed by atoms with Gasteiger partial charge in [-0.25, -0.2) is 4.79 Å². The van der Waals surface area contributed by atoms with Crippen molar-refractivity contribution in [2.24, 2.45) is 11.8 Å². The zero-order valence-electron chi connectivity index (χ0n) is 18.7. The highest BCUT2D eigenvalue weighted by atomic mass is 16.8. The molecule has 0 saturated carbocycles. The topological polar surface area (TPSA) is 188 Å². The second-order valence-corrected chi connectivity index (χ2v) is 7.68. The van der Waals surface area contributed by atoms with Crippen molar-refractivity contribution in [2.45, 2.75) is 63.4 Å². The molecule has 33 heavy (non-hydrogen) atoms. The van der Waals surface area contributed by atoms with Crippen LogP contribution in [0.15, 0.2) is 11.8 Å². The van der Waals surface area contributed by atoms with Gasteiger partial charge in [-0.15, -0.1) is 0 Å². The number of aliphatic hydroxyl groups excluding tert-OH is 4. The van der Waals surface area contributed by atoms with Crippen molar-refractivity contribution in [2.75, 3.05) is 20.8 Å². The first-order valence-corrected chi connectivity index (χ1v) is 10.2. The predicted octanol–water partition coefficient (Wildman–Crippen LogP) is -2.04. The molecular weight excluding hydrogens is 448 g/mol. The molecule has 9 unspecified atom stereocenters. The second kappa shape index (κ2) is 11.7. The van der Waals surface area contributed by atoms with Gasteiger partial charge in [0, 0.05) is 12.8 Å². The minimum Gasteiger partial charge on any atom is -0.471 e. The molecule has 2 heterocycles. The molecule has 1 fully saturated rings. The largest absolute Gasteiger partial charge is 0.471 e. The first-order chi connectivity index (χ1) is 15.5. The van der Waals surface area contributed by atoms with E-state index >= 15 is 0 Å². The summed E-state index contributed by atoms with van der Waals surface area (Å²) in [6, 6.07) is 0. The predicted molar refractivity (Wildman–Crippen MR) is 105 cm³/mol. The Labute approximate surface area is 189 Å². The highest BCUT2D eigenvalue weighted by molar-refractivity contribution is 5.90. The van der Waals surface area contributed by atoms with E-state index in [9.17, 15) is 34.8 Å². The van der Waals surface area contributed by atoms with E-state index in [1.165, 1.54) is 13.8 Å². The normalized spacial score (nSPS) is 35.0. The minimum absolute atomic E-state index is 0.0412. The van der Waals surface area contributed by atoms with Crippen LogP contribution in [0, 0.1) is 11.8 Å². The van der Waals surface area contributed by atoms with Crippen LogP contribution in [0.25, 0.3) is 0 Å². The van der Waals surface area contributed by atoms with Crippen molar-refractivity contribution in [3.05, 3.63) is 11.8 Å². The fourth-order valence-electron chi connectivity index (χ4n) is 3.87. The Morgan fingerprint density at radius 3 is 2.27 bits per heavy atom. The van der Waals surface area contributed by atoms with Gasteiger partial charge in [0.25, 0.3) is 0 Å². The van der Waals surface area contributed by atoms with Crippen LogP contribution in [0.5, 0.6) is 0 Å². The molecule has 0 bridgehead atoms. The van der Waals surface area contributed by atoms with Gasteiger partial charge in [0.2, 0.25) is 6.29 Å². The Bertz CT molecular complexity index is 735. The first-order valence-electron chi connectivity index (χ1n) is 10.2. The number of carbonyl (C=O) groups is 3. The third-order valence-electron chi connectivity index (χ3n) is 5.55. The summed E-state index contributed by atoms with van der Waals surface area (Å²) in [5.41, 5.74) is -0.0412. The Hall–Kier alpha value is -2.29. The van der Waals surface area contributed by atoms with Crippen LogP contribution in [-0.4, -0.2) is 102 Å². The summed E-state index contributed by atoms with van der Waals surface area (Å²) < 4.78 is 31.3. The lowest BCUT2D eigenvalue weighted by molar-refractivity contribution is -0.345. The van der Waals surface area contributed by atoms with E-state index < -0.39 is 79.5 Å². The molecule has 0 spiro atoms. The lowest BCUT2D eigenvalue weighted by atomic mass is 9.78. The van der Waals surface area contributed by atoms with Crippen LogP contribution in [0.1, 0.15) is 20.3 Å². The Balaban J connectivity index is 2.41. The number of methoxy groups -OCH3 is 2. The summed E-state index contributed by atoms with van der Waals surface area (Å²) in [7, 11) is 2.30. The highest BCUT2D eigenvalue weighted by Crippen LogP contribution is 2.39. The van der Waals surface area contributed by atoms with E-state index in [1.54, 1.807) is 0 Å². The number of hydrogen-bond donors (Lipinski definition) is 4. The Morgan fingerprint density at radius 2 is 1.73 bits per heavy atom. The lowest BCUT2D eigenvalue weighted by Gasteiger charge is -2.44. The molecule has 4 N–H and O–H groups in total. The second-order valence-electron chi connectivity index (χ2n) is 7.68. The van der Waals surface area contributed by atoms with E-state index in [0.717, 1.165) is 20.5 Å². The maximum absolute atomic E-state index is 12.3. The number of aliphatic hydroxyl groups is 4. The van der Waals surface area contributed by atoms with Gasteiger partial charge in [-0.2, -0.15) is 0 Å². The maximum Gasteiger partial charge on any atom is 0.337 e. The fraction of sp³-hybridized carbons (Fsp3) is 0.750. The molecule has 0 aliphatic carbocycles. The molecule has 2 aliphatic heterocycles. The van der Waals surface area contributed by atoms with E-state index in [-0.39, 0.29) is 12.0 Å². The monoisotopic (exact) mass is 478 g/mol. The number of hydrogen-bond acceptors (Lipinski definition) is 13. The molecule has 13 nitrogen and oxygen atoms in total. The average Bonchev–Trinajstić information content (AvgIpc) is 2.78. The fourth-order valence-corrected chi connectivity index (χ4v) is 3.87. The van der Waals surface area contributed by atoms with Gasteiger partial charge >= 0.3 is 17.9 Å². The Kier molecular flexibility index (Phi) is 9.57. The lowest BCUT2D eigenvalue weighted by Crippen LogP contribution is -2.60. The van der Waals surface area contributed by atoms with Crippen LogP contribution in [0.3, 0.4) is 0 Å². The number of ether oxygens (including phenoxy) is 6. The van der Waals surface area contributed by atoms with E-state index in [2.05, 4.69) is 0 Å². The average molecular weight is 478 g/mol. The molecule has 0 aromatic heterocycles. The molecule has 0 aromatic carbocycles. The summed E-state index contributed by atoms with van der Waals surface area (Å²) >= 11 is 0. The first kappa shape index (κ1) is 27.0. The van der Waals surface area contributed by atoms with Gasteiger partial charge in [0.15, 0.2) is 6.29 Å². The molecule has 13 heteroatoms. The summed E-state index contributed by atoms with van der Waals surface area (Å²) in [5, 5.41) is 39.7. The summed E-state index contributed by atoms with van der Waals surface area (Å²) in [6.45, 7) is 1.98. The van der Waals surface area contributed by atoms with E-state index in [1.807, 2.05) is 0 Å². The molecule has 188 valence electrons. The van der Waals surface area contributed by atoms with Crippen LogP contribution >= 0.6 is 0 Å². The van der Waals surface area contributed by atoms with Crippen LogP contribution in [0.4, 0.5) is 0 Å². The van der Waals surface area contributed by atoms with Gasteiger partial charge in [-0.3, -0.25) is 9.59 Å². The van der Waals surface area contributed by atoms with E-state index in [4.69, 9.17) is 28.4 Å². The number of rotatable bonds is 8. The van der Waals surface area contributed by atoms with Gasteiger partial charge in [0.1, 0.15) is 30.5 Å². The van der Waals surface area contributed by atoms with Crippen molar-refractivity contribution >= 4 is 17.9 Å². The van der Waals surface area contributed by atoms with Crippen molar-refractivity contribution < 1.29 is 63.2 Å². The van der Waals surface area contributed by atoms with Gasteiger partial charge in [-0.05, 0) is 6.92 Å². The van der Waals surface area contributed by atoms with Crippen LogP contribution < -0.4 is 0 Å². The maximum atomic E-state index is 12.3. The van der Waals surface area contributed by atoms with E-state index in [0.29, 0.717) is 0 Å². The smallest absolute Gasteiger partial charge is 0.337 e. The SMILES string of the molecule is COC(=O)CC1C(C(=O)OC)=COC(OC2OC(CO)C(O)C(O)C2O)C1C(C)OC(C)=O. The Morgan fingerprint density at radius 1 is 1.06 bits per heavy atom. The molecule has 2 aliphatic rings. The minimum atomic E-state index is -1.74. The molecule has 0 aromatic rings. The van der Waals surface area contributed by atoms with Gasteiger partial charge < -0.3 is 48.8 Å². The van der Waals surface area contributed by atoms with Crippen molar-refractivity contribution in [3.63, 3.8) is 0 Å². The van der Waals surface area contributed by atoms with Crippen LogP contribution in [0.2, 0.25) is 0 Å². The molecule has 9 atom stereocenters. The van der Waals surface area contributed by atoms with Crippen LogP contribution in [-0.2, 0) is 42.8 Å². The van der Waals surface area contributed by atoms with Crippen molar-refractivity contribution in [1.29, 1.82) is 0 Å². The third kappa shape index (κ3) is 6.19. The quantitative estimate of drug-likeness (QED) is 0.221. The third-order valence-corrected chi connectivity index (χ3v) is 5.55. The molecule has 2 rings (SSSR count). The molecular formula is C20H30O13. The summed E-state index contributed by atoms with van der Waals surface area (Å²) in [4.78, 5) is 36.0.